The number of carbonyl (C=O) groups is 3. The highest BCUT2D eigenvalue weighted by Crippen LogP contribution is 2.27. The first kappa shape index (κ1) is 30.0. The molecular weight excluding hydrogens is 550 g/mol. The molecule has 0 aliphatic heterocycles. The number of nitrogens with one attached hydrogen (secondary N) is 3. The Bertz CT molecular complexity index is 1640. The number of aryl methyl sites for hydroxylation is 2. The van der Waals surface area contributed by atoms with Crippen molar-refractivity contribution in [2.75, 3.05) is 23.5 Å². The zero-order chi connectivity index (χ0) is 30.1. The minimum Gasteiger partial charge on any atom is -0.508 e. The standard InChI is InChI=1S/C33H31N3O5S/c1-21-12-13-22(2)28(16-21)35-31(38)20-42-27-11-7-10-25(18-27)34-33(40)29(36-32(39)23-8-5-4-6-9-23)17-24-14-15-26(37)19-30(24)41-3/h4-19,37H,20H2,1-3H3,(H,34,40)(H,35,38)(H,36,39)/b29-17+. The topological polar surface area (TPSA) is 117 Å². The van der Waals surface area contributed by atoms with Gasteiger partial charge in [0.1, 0.15) is 17.2 Å². The molecule has 0 unspecified atom stereocenters. The average molecular weight is 582 g/mol. The number of phenols is 1. The van der Waals surface area contributed by atoms with Gasteiger partial charge in [0, 0.05) is 33.5 Å². The van der Waals surface area contributed by atoms with E-state index in [-0.39, 0.29) is 23.1 Å². The lowest BCUT2D eigenvalue weighted by Crippen LogP contribution is -2.30. The number of ether oxygens (including phenoxy) is 1. The monoisotopic (exact) mass is 581 g/mol. The van der Waals surface area contributed by atoms with Crippen LogP contribution in [-0.4, -0.2) is 35.7 Å². The van der Waals surface area contributed by atoms with E-state index in [2.05, 4.69) is 16.0 Å². The van der Waals surface area contributed by atoms with Gasteiger partial charge >= 0.3 is 0 Å². The smallest absolute Gasteiger partial charge is 0.272 e. The summed E-state index contributed by atoms with van der Waals surface area (Å²) in [5.74, 6) is -0.658. The summed E-state index contributed by atoms with van der Waals surface area (Å²) in [6.07, 6.45) is 1.48. The van der Waals surface area contributed by atoms with Gasteiger partial charge in [0.25, 0.3) is 11.8 Å². The quantitative estimate of drug-likeness (QED) is 0.132. The molecule has 0 aromatic heterocycles. The van der Waals surface area contributed by atoms with Crippen LogP contribution < -0.4 is 20.7 Å². The van der Waals surface area contributed by atoms with Gasteiger partial charge in [-0.2, -0.15) is 0 Å². The Labute approximate surface area is 248 Å². The van der Waals surface area contributed by atoms with E-state index in [1.807, 2.05) is 38.1 Å². The Hall–Kier alpha value is -5.02. The summed E-state index contributed by atoms with van der Waals surface area (Å²) in [6.45, 7) is 3.91. The number of carbonyl (C=O) groups excluding carboxylic acids is 3. The fraction of sp³-hybridized carbons (Fsp3) is 0.121. The van der Waals surface area contributed by atoms with E-state index in [0.717, 1.165) is 21.7 Å². The van der Waals surface area contributed by atoms with Crippen molar-refractivity contribution in [3.8, 4) is 11.5 Å². The zero-order valence-corrected chi connectivity index (χ0v) is 24.2. The summed E-state index contributed by atoms with van der Waals surface area (Å²) in [7, 11) is 1.44. The number of methoxy groups -OCH3 is 1. The minimum absolute atomic E-state index is 0.000311. The van der Waals surface area contributed by atoms with Crippen LogP contribution in [0, 0.1) is 13.8 Å². The molecule has 4 aromatic rings. The van der Waals surface area contributed by atoms with Gasteiger partial charge in [-0.1, -0.05) is 36.4 Å². The van der Waals surface area contributed by atoms with Gasteiger partial charge in [0.05, 0.1) is 12.9 Å². The Balaban J connectivity index is 1.49. The molecule has 4 rings (SSSR count). The van der Waals surface area contributed by atoms with Crippen molar-refractivity contribution >= 4 is 46.9 Å². The second kappa shape index (κ2) is 14.0. The van der Waals surface area contributed by atoms with Crippen molar-refractivity contribution < 1.29 is 24.2 Å². The third kappa shape index (κ3) is 8.25. The van der Waals surface area contributed by atoms with Crippen molar-refractivity contribution in [2.24, 2.45) is 0 Å². The van der Waals surface area contributed by atoms with Gasteiger partial charge < -0.3 is 25.8 Å². The summed E-state index contributed by atoms with van der Waals surface area (Å²) in [4.78, 5) is 39.7. The molecule has 42 heavy (non-hydrogen) atoms. The van der Waals surface area contributed by atoms with Crippen molar-refractivity contribution in [3.63, 3.8) is 0 Å². The number of hydrogen-bond acceptors (Lipinski definition) is 6. The molecule has 0 fully saturated rings. The second-order valence-corrected chi connectivity index (χ2v) is 10.5. The number of amides is 3. The van der Waals surface area contributed by atoms with Gasteiger partial charge in [-0.3, -0.25) is 14.4 Å². The molecule has 9 heteroatoms. The molecule has 0 saturated heterocycles. The van der Waals surface area contributed by atoms with Gasteiger partial charge in [0.15, 0.2) is 0 Å². The van der Waals surface area contributed by atoms with E-state index in [0.29, 0.717) is 22.6 Å². The lowest BCUT2D eigenvalue weighted by molar-refractivity contribution is -0.114. The third-order valence-corrected chi connectivity index (χ3v) is 7.17. The molecule has 0 spiro atoms. The van der Waals surface area contributed by atoms with Crippen LogP contribution in [0.5, 0.6) is 11.5 Å². The number of phenolic OH excluding ortho intramolecular Hbond substituents is 1. The summed E-state index contributed by atoms with van der Waals surface area (Å²) in [5, 5.41) is 18.3. The highest BCUT2D eigenvalue weighted by Gasteiger charge is 2.17. The molecule has 3 amide bonds. The van der Waals surface area contributed by atoms with Gasteiger partial charge in [-0.25, -0.2) is 0 Å². The summed E-state index contributed by atoms with van der Waals surface area (Å²) >= 11 is 1.34. The number of anilines is 2. The Morgan fingerprint density at radius 2 is 1.67 bits per heavy atom. The SMILES string of the molecule is COc1cc(O)ccc1/C=C(/NC(=O)c1ccccc1)C(=O)Nc1cccc(SCC(=O)Nc2cc(C)ccc2C)c1. The average Bonchev–Trinajstić information content (AvgIpc) is 2.99. The molecule has 4 N–H and O–H groups in total. The molecule has 0 aliphatic rings. The zero-order valence-electron chi connectivity index (χ0n) is 23.4. The number of thioether (sulfide) groups is 1. The van der Waals surface area contributed by atoms with E-state index >= 15 is 0 Å². The molecule has 0 radical (unpaired) electrons. The minimum atomic E-state index is -0.566. The fourth-order valence-electron chi connectivity index (χ4n) is 3.98. The van der Waals surface area contributed by atoms with Crippen LogP contribution in [0.3, 0.4) is 0 Å². The van der Waals surface area contributed by atoms with Crippen molar-refractivity contribution in [1.29, 1.82) is 0 Å². The Kier molecular flexibility index (Phi) is 10.0. The Morgan fingerprint density at radius 3 is 2.43 bits per heavy atom. The van der Waals surface area contributed by atoms with Gasteiger partial charge in [-0.15, -0.1) is 11.8 Å². The van der Waals surface area contributed by atoms with Crippen molar-refractivity contribution in [3.05, 3.63) is 119 Å². The van der Waals surface area contributed by atoms with Crippen LogP contribution >= 0.6 is 11.8 Å². The lowest BCUT2D eigenvalue weighted by Gasteiger charge is -2.13. The maximum atomic E-state index is 13.4. The van der Waals surface area contributed by atoms with Gasteiger partial charge in [-0.05, 0) is 79.6 Å². The second-order valence-electron chi connectivity index (χ2n) is 9.44. The van der Waals surface area contributed by atoms with Crippen LogP contribution in [0.4, 0.5) is 11.4 Å². The van der Waals surface area contributed by atoms with E-state index in [4.69, 9.17) is 4.74 Å². The van der Waals surface area contributed by atoms with Crippen LogP contribution in [0.1, 0.15) is 27.0 Å². The molecule has 0 aliphatic carbocycles. The first-order chi connectivity index (χ1) is 20.2. The number of benzene rings is 4. The summed E-state index contributed by atoms with van der Waals surface area (Å²) in [6, 6.07) is 26.0. The Morgan fingerprint density at radius 1 is 0.881 bits per heavy atom. The van der Waals surface area contributed by atoms with E-state index in [1.165, 1.54) is 37.1 Å². The summed E-state index contributed by atoms with van der Waals surface area (Å²) < 4.78 is 5.34. The lowest BCUT2D eigenvalue weighted by atomic mass is 10.1. The maximum Gasteiger partial charge on any atom is 0.272 e. The van der Waals surface area contributed by atoms with E-state index < -0.39 is 11.8 Å². The number of hydrogen-bond donors (Lipinski definition) is 4. The molecule has 0 bridgehead atoms. The number of rotatable bonds is 10. The summed E-state index contributed by atoms with van der Waals surface area (Å²) in [5.41, 5.74) is 4.14. The van der Waals surface area contributed by atoms with E-state index in [9.17, 15) is 19.5 Å². The molecule has 4 aromatic carbocycles. The van der Waals surface area contributed by atoms with Crippen LogP contribution in [0.25, 0.3) is 6.08 Å². The normalized spacial score (nSPS) is 11.0. The van der Waals surface area contributed by atoms with Crippen molar-refractivity contribution in [2.45, 2.75) is 18.7 Å². The number of aromatic hydroxyl groups is 1. The van der Waals surface area contributed by atoms with Gasteiger partial charge in [0.2, 0.25) is 5.91 Å². The highest BCUT2D eigenvalue weighted by atomic mass is 32.2. The molecule has 214 valence electrons. The van der Waals surface area contributed by atoms with E-state index in [1.54, 1.807) is 54.6 Å². The predicted molar refractivity (Wildman–Crippen MR) is 167 cm³/mol. The molecule has 0 saturated carbocycles. The largest absolute Gasteiger partial charge is 0.508 e. The molecular formula is C33H31N3O5S. The molecule has 0 heterocycles. The first-order valence-corrected chi connectivity index (χ1v) is 14.1. The fourth-order valence-corrected chi connectivity index (χ4v) is 4.74. The first-order valence-electron chi connectivity index (χ1n) is 13.1. The third-order valence-electron chi connectivity index (χ3n) is 6.17. The molecule has 8 nitrogen and oxygen atoms in total. The van der Waals surface area contributed by atoms with Crippen molar-refractivity contribution in [1.82, 2.24) is 5.32 Å². The van der Waals surface area contributed by atoms with Crippen LogP contribution in [-0.2, 0) is 9.59 Å². The predicted octanol–water partition coefficient (Wildman–Crippen LogP) is 6.16. The van der Waals surface area contributed by atoms with Crippen LogP contribution in [0.15, 0.2) is 102 Å². The molecule has 0 atom stereocenters. The van der Waals surface area contributed by atoms with Crippen LogP contribution in [0.2, 0.25) is 0 Å². The maximum absolute atomic E-state index is 13.4. The highest BCUT2D eigenvalue weighted by molar-refractivity contribution is 8.00.